The van der Waals surface area contributed by atoms with Gasteiger partial charge >= 0.3 is 5.97 Å². The van der Waals surface area contributed by atoms with E-state index in [1.54, 1.807) is 21.1 Å². The molecule has 0 unspecified atom stereocenters. The predicted octanol–water partition coefficient (Wildman–Crippen LogP) is 3.58. The van der Waals surface area contributed by atoms with Crippen LogP contribution in [0.15, 0.2) is 34.1 Å². The molecule has 0 fully saturated rings. The maximum absolute atomic E-state index is 12.2. The maximum atomic E-state index is 12.2. The number of benzene rings is 1. The molecule has 1 aromatic carbocycles. The lowest BCUT2D eigenvalue weighted by molar-refractivity contribution is 0.0466. The number of nitrogens with zero attached hydrogens (tertiary/aromatic N) is 1. The molecule has 0 aliphatic heterocycles. The summed E-state index contributed by atoms with van der Waals surface area (Å²) in [5.74, 6) is 1.42. The van der Waals surface area contributed by atoms with Crippen LogP contribution in [0, 0.1) is 6.92 Å². The molecule has 0 saturated carbocycles. The second-order valence-corrected chi connectivity index (χ2v) is 6.46. The lowest BCUT2D eigenvalue weighted by Crippen LogP contribution is -2.05. The molecule has 3 rings (SSSR count). The van der Waals surface area contributed by atoms with Gasteiger partial charge < -0.3 is 23.7 Å². The molecule has 0 saturated heterocycles. The Balaban J connectivity index is 1.73. The quantitative estimate of drug-likeness (QED) is 0.618. The Labute approximate surface area is 160 Å². The zero-order valence-corrected chi connectivity index (χ0v) is 16.0. The first-order valence-corrected chi connectivity index (χ1v) is 8.98. The number of esters is 1. The van der Waals surface area contributed by atoms with Crippen molar-refractivity contribution in [1.82, 2.24) is 4.98 Å². The largest absolute Gasteiger partial charge is 0.493 e. The van der Waals surface area contributed by atoms with Crippen LogP contribution in [-0.4, -0.2) is 30.3 Å². The average Bonchev–Trinajstić information content (AvgIpc) is 3.31. The third-order valence-corrected chi connectivity index (χ3v) is 4.81. The van der Waals surface area contributed by atoms with Crippen LogP contribution in [0.5, 0.6) is 11.5 Å². The number of carbonyl (C=O) groups excluding carboxylic acids is 1. The van der Waals surface area contributed by atoms with Crippen LogP contribution in [0.4, 0.5) is 0 Å². The number of rotatable bonds is 7. The Morgan fingerprint density at radius 1 is 1.30 bits per heavy atom. The number of aryl methyl sites for hydroxylation is 1. The molecule has 2 aromatic heterocycles. The minimum Gasteiger partial charge on any atom is -0.493 e. The molecular formula is C19H19NO6S. The highest BCUT2D eigenvalue weighted by Crippen LogP contribution is 2.39. The second-order valence-electron chi connectivity index (χ2n) is 5.60. The van der Waals surface area contributed by atoms with Gasteiger partial charge in [-0.1, -0.05) is 6.07 Å². The smallest absolute Gasteiger partial charge is 0.342 e. The van der Waals surface area contributed by atoms with Gasteiger partial charge in [-0.15, -0.1) is 11.3 Å². The Morgan fingerprint density at radius 2 is 2.11 bits per heavy atom. The zero-order chi connectivity index (χ0) is 19.4. The number of carbonyl (C=O) groups is 1. The van der Waals surface area contributed by atoms with Gasteiger partial charge in [-0.25, -0.2) is 9.78 Å². The summed E-state index contributed by atoms with van der Waals surface area (Å²) in [4.78, 5) is 16.7. The Kier molecular flexibility index (Phi) is 5.78. The molecular weight excluding hydrogens is 370 g/mol. The van der Waals surface area contributed by atoms with Crippen LogP contribution in [0.1, 0.15) is 27.6 Å². The van der Waals surface area contributed by atoms with Gasteiger partial charge in [0, 0.05) is 5.38 Å². The van der Waals surface area contributed by atoms with Crippen molar-refractivity contribution in [2.24, 2.45) is 0 Å². The summed E-state index contributed by atoms with van der Waals surface area (Å²) in [6, 6.07) is 7.04. The summed E-state index contributed by atoms with van der Waals surface area (Å²) in [5, 5.41) is 11.6. The minimum atomic E-state index is -0.524. The highest BCUT2D eigenvalue weighted by Gasteiger charge is 2.18. The lowest BCUT2D eigenvalue weighted by Gasteiger charge is -2.10. The molecule has 142 valence electrons. The number of para-hydroxylation sites is 1. The number of aromatic nitrogens is 1. The van der Waals surface area contributed by atoms with E-state index in [1.807, 2.05) is 23.6 Å². The highest BCUT2D eigenvalue weighted by molar-refractivity contribution is 7.13. The van der Waals surface area contributed by atoms with Crippen molar-refractivity contribution in [2.75, 3.05) is 14.2 Å². The standard InChI is InChI=1S/C19H19NO6S/c1-11-15(7-13(8-21)26-11)19(22)25-9-12-10-27-18(20-12)14-5-4-6-16(23-2)17(14)24-3/h4-7,10,21H,8-9H2,1-3H3. The van der Waals surface area contributed by atoms with Crippen molar-refractivity contribution in [1.29, 1.82) is 0 Å². The van der Waals surface area contributed by atoms with E-state index >= 15 is 0 Å². The first-order valence-electron chi connectivity index (χ1n) is 8.10. The lowest BCUT2D eigenvalue weighted by atomic mass is 10.2. The molecule has 3 aromatic rings. The van der Waals surface area contributed by atoms with Gasteiger partial charge in [0.05, 0.1) is 25.5 Å². The molecule has 0 spiro atoms. The molecule has 8 heteroatoms. The van der Waals surface area contributed by atoms with E-state index in [0.717, 1.165) is 10.6 Å². The zero-order valence-electron chi connectivity index (χ0n) is 15.1. The van der Waals surface area contributed by atoms with Gasteiger partial charge in [0.1, 0.15) is 35.3 Å². The van der Waals surface area contributed by atoms with E-state index in [2.05, 4.69) is 4.98 Å². The first kappa shape index (κ1) is 18.9. The number of hydrogen-bond acceptors (Lipinski definition) is 8. The molecule has 0 aliphatic rings. The predicted molar refractivity (Wildman–Crippen MR) is 99.1 cm³/mol. The number of hydrogen-bond donors (Lipinski definition) is 1. The van der Waals surface area contributed by atoms with Crippen LogP contribution in [-0.2, 0) is 18.0 Å². The molecule has 7 nitrogen and oxygen atoms in total. The second kappa shape index (κ2) is 8.24. The first-order chi connectivity index (χ1) is 13.1. The number of thiazole rings is 1. The van der Waals surface area contributed by atoms with Crippen LogP contribution in [0.25, 0.3) is 10.6 Å². The SMILES string of the molecule is COc1cccc(-c2nc(COC(=O)c3cc(CO)oc3C)cs2)c1OC. The van der Waals surface area contributed by atoms with E-state index in [9.17, 15) is 4.79 Å². The number of ether oxygens (including phenoxy) is 3. The Morgan fingerprint density at radius 3 is 2.78 bits per heavy atom. The van der Waals surface area contributed by atoms with E-state index < -0.39 is 5.97 Å². The van der Waals surface area contributed by atoms with Gasteiger partial charge in [0.15, 0.2) is 11.5 Å². The van der Waals surface area contributed by atoms with Crippen molar-refractivity contribution < 1.29 is 28.5 Å². The Bertz CT molecular complexity index is 946. The summed E-state index contributed by atoms with van der Waals surface area (Å²) in [5.41, 5.74) is 1.72. The summed E-state index contributed by atoms with van der Waals surface area (Å²) >= 11 is 1.42. The average molecular weight is 389 g/mol. The monoisotopic (exact) mass is 389 g/mol. The number of methoxy groups -OCH3 is 2. The third-order valence-electron chi connectivity index (χ3n) is 3.88. The molecule has 0 bridgehead atoms. The van der Waals surface area contributed by atoms with Gasteiger partial charge in [-0.05, 0) is 25.1 Å². The van der Waals surface area contributed by atoms with Crippen LogP contribution >= 0.6 is 11.3 Å². The minimum absolute atomic E-state index is 0.0285. The van der Waals surface area contributed by atoms with E-state index in [0.29, 0.717) is 34.3 Å². The third kappa shape index (κ3) is 3.96. The fourth-order valence-electron chi connectivity index (χ4n) is 2.59. The Hall–Kier alpha value is -2.84. The number of furan rings is 1. The van der Waals surface area contributed by atoms with Crippen molar-refractivity contribution in [3.8, 4) is 22.1 Å². The van der Waals surface area contributed by atoms with Gasteiger partial charge in [0.2, 0.25) is 0 Å². The molecule has 0 aliphatic carbocycles. The van der Waals surface area contributed by atoms with Gasteiger partial charge in [-0.2, -0.15) is 0 Å². The van der Waals surface area contributed by atoms with Crippen LogP contribution in [0.3, 0.4) is 0 Å². The number of aliphatic hydroxyl groups excluding tert-OH is 1. The van der Waals surface area contributed by atoms with Crippen molar-refractivity contribution in [2.45, 2.75) is 20.1 Å². The molecule has 0 radical (unpaired) electrons. The molecule has 2 heterocycles. The van der Waals surface area contributed by atoms with Gasteiger partial charge in [0.25, 0.3) is 0 Å². The van der Waals surface area contributed by atoms with Gasteiger partial charge in [-0.3, -0.25) is 0 Å². The molecule has 0 atom stereocenters. The topological polar surface area (TPSA) is 91.0 Å². The van der Waals surface area contributed by atoms with E-state index in [-0.39, 0.29) is 13.2 Å². The maximum Gasteiger partial charge on any atom is 0.342 e. The van der Waals surface area contributed by atoms with Crippen molar-refractivity contribution in [3.63, 3.8) is 0 Å². The molecule has 27 heavy (non-hydrogen) atoms. The summed E-state index contributed by atoms with van der Waals surface area (Å²) in [6.07, 6.45) is 0. The number of aliphatic hydroxyl groups is 1. The van der Waals surface area contributed by atoms with E-state index in [4.69, 9.17) is 23.7 Å². The summed E-state index contributed by atoms with van der Waals surface area (Å²) in [6.45, 7) is 1.40. The highest BCUT2D eigenvalue weighted by atomic mass is 32.1. The van der Waals surface area contributed by atoms with Crippen LogP contribution in [0.2, 0.25) is 0 Å². The van der Waals surface area contributed by atoms with Crippen molar-refractivity contribution >= 4 is 17.3 Å². The van der Waals surface area contributed by atoms with Crippen molar-refractivity contribution in [3.05, 3.63) is 52.4 Å². The summed E-state index contributed by atoms with van der Waals surface area (Å²) < 4.78 is 21.3. The van der Waals surface area contributed by atoms with E-state index in [1.165, 1.54) is 17.4 Å². The van der Waals surface area contributed by atoms with Crippen LogP contribution < -0.4 is 9.47 Å². The summed E-state index contributed by atoms with van der Waals surface area (Å²) in [7, 11) is 3.15. The normalized spacial score (nSPS) is 10.7. The molecule has 0 amide bonds. The fraction of sp³-hybridized carbons (Fsp3) is 0.263. The molecule has 1 N–H and O–H groups in total. The fourth-order valence-corrected chi connectivity index (χ4v) is 3.42.